The molecular formula is C85H183Co9N9O9Si4. The van der Waals surface area contributed by atoms with Crippen LogP contribution in [0.1, 0.15) is 269 Å². The molecule has 0 aromatic heterocycles. The van der Waals surface area contributed by atoms with Crippen LogP contribution in [-0.4, -0.2) is 239 Å². The second kappa shape index (κ2) is 77.7. The maximum atomic E-state index is 10.8. The van der Waals surface area contributed by atoms with Gasteiger partial charge in [0.15, 0.2) is 0 Å². The molecule has 0 aliphatic rings. The van der Waals surface area contributed by atoms with Crippen molar-refractivity contribution in [2.75, 3.05) is 60.4 Å². The second-order valence-corrected chi connectivity index (χ2v) is 54.5. The molecule has 719 valence electrons. The first-order valence-corrected chi connectivity index (χ1v) is 52.8. The van der Waals surface area contributed by atoms with Gasteiger partial charge in [0.05, 0.1) is 53.2 Å². The Morgan fingerprint density at radius 2 is 0.500 bits per heavy atom. The summed E-state index contributed by atoms with van der Waals surface area (Å²) in [4.78, 5) is 37.5. The molecule has 9 N–H and O–H groups in total. The smallest absolute Gasteiger partial charge is 0.117 e. The van der Waals surface area contributed by atoms with Gasteiger partial charge < -0.3 is 46.0 Å². The van der Waals surface area contributed by atoms with Crippen molar-refractivity contribution in [1.82, 2.24) is 0 Å². The molecule has 0 spiro atoms. The van der Waals surface area contributed by atoms with Crippen molar-refractivity contribution in [3.63, 3.8) is 0 Å². The molecule has 0 amide bonds. The van der Waals surface area contributed by atoms with Crippen LogP contribution in [-0.2, 0) is 151 Å². The van der Waals surface area contributed by atoms with E-state index in [2.05, 4.69) is 139 Å². The third-order valence-electron chi connectivity index (χ3n) is 23.8. The van der Waals surface area contributed by atoms with E-state index < -0.39 is 81.2 Å². The van der Waals surface area contributed by atoms with Gasteiger partial charge in [-0.15, -0.1) is 0 Å². The van der Waals surface area contributed by atoms with Crippen LogP contribution in [0.25, 0.3) is 0 Å². The zero-order valence-electron chi connectivity index (χ0n) is 82.0. The minimum Gasteiger partial charge on any atom is -0.388 e. The summed E-state index contributed by atoms with van der Waals surface area (Å²) in [7, 11) is -1.19. The van der Waals surface area contributed by atoms with E-state index in [1.54, 1.807) is 48.8 Å². The van der Waals surface area contributed by atoms with Gasteiger partial charge >= 0.3 is 0 Å². The Morgan fingerprint density at radius 3 is 0.690 bits per heavy atom. The molecule has 7 unspecified atom stereocenters. The molecule has 0 saturated heterocycles. The summed E-state index contributed by atoms with van der Waals surface area (Å²) in [5.41, 5.74) is 3.57. The first kappa shape index (κ1) is 161. The summed E-state index contributed by atoms with van der Waals surface area (Å²) in [6.07, 6.45) is 5.19. The van der Waals surface area contributed by atoms with Gasteiger partial charge in [0, 0.05) is 263 Å². The van der Waals surface area contributed by atoms with E-state index in [-0.39, 0.29) is 169 Å². The number of nitrogens with zero attached hydrogens (tertiary/aromatic N) is 9. The molecular weight excluding hydrogens is 1930 g/mol. The summed E-state index contributed by atoms with van der Waals surface area (Å²) in [5, 5.41) is 88.3. The Kier molecular flexibility index (Phi) is 108. The summed E-state index contributed by atoms with van der Waals surface area (Å²) in [6, 6.07) is 6.76. The van der Waals surface area contributed by atoms with Crippen LogP contribution in [0.4, 0.5) is 0 Å². The van der Waals surface area contributed by atoms with E-state index in [9.17, 15) is 46.0 Å². The summed E-state index contributed by atoms with van der Waals surface area (Å²) in [6.45, 7) is 95.7. The molecule has 0 aliphatic carbocycles. The fourth-order valence-electron chi connectivity index (χ4n) is 12.0. The molecule has 0 aromatic carbocycles. The molecule has 0 saturated carbocycles. The van der Waals surface area contributed by atoms with Crippen LogP contribution in [0.15, 0.2) is 70.2 Å². The number of rotatable bonds is 33. The van der Waals surface area contributed by atoms with Gasteiger partial charge in [-0.3, -0.25) is 44.9 Å². The third kappa shape index (κ3) is 54.7. The number of aliphatic hydroxyl groups is 9. The Morgan fingerprint density at radius 1 is 0.293 bits per heavy atom. The number of aliphatic imine (C=N–C) groups is 9. The van der Waals surface area contributed by atoms with E-state index in [1.165, 1.54) is 12.2 Å². The van der Waals surface area contributed by atoms with E-state index in [0.29, 0.717) is 18.0 Å². The predicted octanol–water partition coefficient (Wildman–Crippen LogP) is 19.1. The van der Waals surface area contributed by atoms with Crippen molar-refractivity contribution in [3.05, 3.63) is 25.3 Å². The van der Waals surface area contributed by atoms with Gasteiger partial charge in [0.1, 0.15) is 28.0 Å². The molecule has 0 heterocycles. The largest absolute Gasteiger partial charge is 0.388 e. The molecule has 31 heteroatoms. The topological polar surface area (TPSA) is 293 Å². The fraction of sp³-hybridized carbons (Fsp3) is 0.847. The Bertz CT molecular complexity index is 2680. The van der Waals surface area contributed by atoms with Crippen LogP contribution < -0.4 is 0 Å². The van der Waals surface area contributed by atoms with Crippen molar-refractivity contribution in [1.29, 1.82) is 0 Å². The predicted molar refractivity (Wildman–Crippen MR) is 494 cm³/mol. The molecule has 0 bridgehead atoms. The molecule has 18 nitrogen and oxygen atoms in total. The molecule has 7 atom stereocenters. The molecule has 0 aliphatic heterocycles. The summed E-state index contributed by atoms with van der Waals surface area (Å²) in [5.74, 6) is 0.656. The molecule has 116 heavy (non-hydrogen) atoms. The van der Waals surface area contributed by atoms with Gasteiger partial charge in [-0.1, -0.05) is 205 Å². The average molecular weight is 2120 g/mol. The number of hydrogen-bond acceptors (Lipinski definition) is 18. The second-order valence-electron chi connectivity index (χ2n) is 32.3. The van der Waals surface area contributed by atoms with Gasteiger partial charge in [0.2, 0.25) is 0 Å². The van der Waals surface area contributed by atoms with Crippen molar-refractivity contribution >= 4 is 83.7 Å². The van der Waals surface area contributed by atoms with Gasteiger partial charge in [-0.2, -0.15) is 0 Å². The standard InChI is InChI=1S/C12H27NOSi.C11H25NOSi.C11H23NO.C10H21NO.C9H21NOSi.C9H19NO.C8H19NOSi.C8H15NO.C7H13NO.9Co/c1-7-13-11(5)12(6,14)15(8-2,9-3)10-4;1-7-14(8-2,9-3)11(5,13)10(4)12-6;1-7-12-10(6)11(13,8(2)3)9(4)5;1-6-10(12,8(3)4)9(5)11-7-2;1-7-10-8(2)9(3,11)12(4,5)6;1-5-9(11,6-2)8(4)10-7-3;1-7(9-3)8(2,10)11(4,5)6;1-5-8(4,10)7(3)9-6-2;1-5-7(3,9)6(2)8-4;;;;;;;;;/h14H,7-10H2,1-6H3;13H,7-9H2,1-6H3;8-9,13H,7H2,1-6H3;8,12H,6-7H2,1-5H3;11H,7H2,1-6H3;11H,5-7H2,1-4H3;10H,1-6H3;5,10H,1,6H2,2-4H3;5,9H,1H2,2-4H3;;;;;;;;;. The van der Waals surface area contributed by atoms with Crippen molar-refractivity contribution in [2.24, 2.45) is 62.7 Å². The van der Waals surface area contributed by atoms with Crippen LogP contribution in [0.3, 0.4) is 0 Å². The quantitative estimate of drug-likeness (QED) is 0.0171. The van der Waals surface area contributed by atoms with E-state index >= 15 is 0 Å². The van der Waals surface area contributed by atoms with Crippen LogP contribution in [0.2, 0.25) is 75.5 Å². The Balaban J connectivity index is -0.0000000578. The molecule has 0 fully saturated rings. The first-order valence-electron chi connectivity index (χ1n) is 40.5. The molecule has 0 rings (SSSR count). The van der Waals surface area contributed by atoms with Gasteiger partial charge in [-0.05, 0) is 182 Å². The van der Waals surface area contributed by atoms with Crippen molar-refractivity contribution in [3.8, 4) is 0 Å². The van der Waals surface area contributed by atoms with E-state index in [1.807, 2.05) is 180 Å². The minimum absolute atomic E-state index is 0. The van der Waals surface area contributed by atoms with Crippen LogP contribution in [0, 0.1) is 17.8 Å². The Hall–Kier alpha value is 1.58. The zero-order valence-corrected chi connectivity index (χ0v) is 95.3. The fourth-order valence-corrected chi connectivity index (χ4v) is 23.2. The first-order chi connectivity index (χ1) is 48.3. The summed E-state index contributed by atoms with van der Waals surface area (Å²) < 4.78 is 0. The maximum absolute atomic E-state index is 10.8. The molecule has 0 aromatic rings. The zero-order chi connectivity index (χ0) is 87.8. The minimum atomic E-state index is -1.62. The van der Waals surface area contributed by atoms with Crippen molar-refractivity contribution < 1.29 is 197 Å². The van der Waals surface area contributed by atoms with Crippen LogP contribution >= 0.6 is 0 Å². The van der Waals surface area contributed by atoms with Gasteiger partial charge in [0.25, 0.3) is 0 Å². The van der Waals surface area contributed by atoms with E-state index in [0.717, 1.165) is 128 Å². The summed E-state index contributed by atoms with van der Waals surface area (Å²) >= 11 is 0. The van der Waals surface area contributed by atoms with E-state index in [4.69, 9.17) is 0 Å². The number of hydrogen-bond donors (Lipinski definition) is 9. The van der Waals surface area contributed by atoms with Gasteiger partial charge in [-0.25, -0.2) is 0 Å². The normalized spacial score (nSPS) is 16.1. The average Bonchev–Trinajstić information content (AvgIpc) is 0.789. The Labute approximate surface area is 814 Å². The molecule has 9 radical (unpaired) electrons. The maximum Gasteiger partial charge on any atom is 0.117 e. The third-order valence-corrected chi connectivity index (χ3v) is 43.3. The SMILES string of the molecule is C=CC(C)(O)C(C)=NC.C=CC(C)(O)C(C)=NCC.CCN=C(C)C(C)(O)[Si](C)(C)C.CCN=C(C)C(C)(O)[Si](CC)(CC)CC.CCN=C(C)C(O)(C(C)C)C(C)C.CCN=C(C)C(O)(CC)C(C)C.CCN=C(C)C(O)(CC)CC.CC[Si](CC)(CC)C(C)(O)C(C)=NC.CN=C(C)C(C)(O)[Si](C)(C)C.[Co].[Co].[Co].[Co].[Co].[Co].[Co].[Co].[Co]. The monoisotopic (exact) mass is 2120 g/mol. The van der Waals surface area contributed by atoms with Crippen LogP contribution in [0.5, 0.6) is 0 Å². The van der Waals surface area contributed by atoms with Crippen molar-refractivity contribution in [2.45, 2.75) is 393 Å².